The first kappa shape index (κ1) is 13.1. The van der Waals surface area contributed by atoms with Crippen LogP contribution < -0.4 is 5.32 Å². The number of fused-ring (bicyclic) bond motifs is 1. The Labute approximate surface area is 128 Å². The van der Waals surface area contributed by atoms with Crippen LogP contribution in [0.1, 0.15) is 5.56 Å². The molecule has 98 valence electrons. The summed E-state index contributed by atoms with van der Waals surface area (Å²) in [6.45, 7) is 0. The van der Waals surface area contributed by atoms with Crippen molar-refractivity contribution in [1.29, 1.82) is 5.26 Å². The molecular formula is C13H6Cl2N4S. The van der Waals surface area contributed by atoms with Crippen LogP contribution in [0.2, 0.25) is 10.0 Å². The molecule has 0 spiro atoms. The highest BCUT2D eigenvalue weighted by atomic mass is 35.5. The lowest BCUT2D eigenvalue weighted by molar-refractivity contribution is 1.46. The number of hydrogen-bond donors (Lipinski definition) is 1. The molecule has 0 amide bonds. The highest BCUT2D eigenvalue weighted by Gasteiger charge is 2.12. The molecule has 3 aromatic rings. The predicted octanol–water partition coefficient (Wildman–Crippen LogP) is 4.61. The van der Waals surface area contributed by atoms with Crippen molar-refractivity contribution in [2.24, 2.45) is 0 Å². The van der Waals surface area contributed by atoms with E-state index in [-0.39, 0.29) is 0 Å². The second-order valence-corrected chi connectivity index (χ2v) is 5.35. The van der Waals surface area contributed by atoms with Gasteiger partial charge in [-0.3, -0.25) is 0 Å². The van der Waals surface area contributed by atoms with Crippen molar-refractivity contribution in [3.8, 4) is 6.07 Å². The minimum absolute atomic E-state index is 0.477. The highest BCUT2D eigenvalue weighted by molar-refractivity contribution is 7.00. The lowest BCUT2D eigenvalue weighted by atomic mass is 10.2. The first-order chi connectivity index (χ1) is 9.69. The average molecular weight is 321 g/mol. The quantitative estimate of drug-likeness (QED) is 0.748. The van der Waals surface area contributed by atoms with E-state index < -0.39 is 0 Å². The standard InChI is InChI=1S/C13H6Cl2N4S/c14-8-2-1-7(6-16)11(5-8)17-12-9(15)3-4-10-13(12)19-20-18-10/h1-5,17H. The molecule has 4 nitrogen and oxygen atoms in total. The van der Waals surface area contributed by atoms with E-state index >= 15 is 0 Å². The lowest BCUT2D eigenvalue weighted by Crippen LogP contribution is -1.95. The average Bonchev–Trinajstić information content (AvgIpc) is 2.91. The van der Waals surface area contributed by atoms with Gasteiger partial charge in [0, 0.05) is 5.02 Å². The van der Waals surface area contributed by atoms with Gasteiger partial charge in [0.2, 0.25) is 0 Å². The Kier molecular flexibility index (Phi) is 3.45. The zero-order valence-corrected chi connectivity index (χ0v) is 12.2. The fourth-order valence-corrected chi connectivity index (χ4v) is 2.71. The monoisotopic (exact) mass is 320 g/mol. The second-order valence-electron chi connectivity index (χ2n) is 3.98. The molecule has 0 radical (unpaired) electrons. The molecule has 0 unspecified atom stereocenters. The molecule has 2 aromatic carbocycles. The van der Waals surface area contributed by atoms with Gasteiger partial charge in [-0.25, -0.2) is 0 Å². The summed E-state index contributed by atoms with van der Waals surface area (Å²) >= 11 is 13.3. The summed E-state index contributed by atoms with van der Waals surface area (Å²) in [5.74, 6) is 0. The van der Waals surface area contributed by atoms with Crippen molar-refractivity contribution in [1.82, 2.24) is 8.75 Å². The third-order valence-corrected chi connectivity index (χ3v) is 3.83. The first-order valence-electron chi connectivity index (χ1n) is 5.56. The molecule has 0 fully saturated rings. The molecule has 0 atom stereocenters. The topological polar surface area (TPSA) is 61.6 Å². The van der Waals surface area contributed by atoms with Crippen LogP contribution in [-0.2, 0) is 0 Å². The molecule has 1 aromatic heterocycles. The van der Waals surface area contributed by atoms with Gasteiger partial charge in [0.05, 0.1) is 33.7 Å². The molecular weight excluding hydrogens is 315 g/mol. The summed E-state index contributed by atoms with van der Waals surface area (Å²) in [5, 5.41) is 13.3. The lowest BCUT2D eigenvalue weighted by Gasteiger charge is -2.10. The van der Waals surface area contributed by atoms with Crippen LogP contribution in [0, 0.1) is 11.3 Å². The van der Waals surface area contributed by atoms with Crippen LogP contribution in [0.4, 0.5) is 11.4 Å². The van der Waals surface area contributed by atoms with Gasteiger partial charge in [-0.2, -0.15) is 14.0 Å². The van der Waals surface area contributed by atoms with Crippen LogP contribution >= 0.6 is 34.9 Å². The zero-order chi connectivity index (χ0) is 14.1. The summed E-state index contributed by atoms with van der Waals surface area (Å²) in [4.78, 5) is 0. The third-order valence-electron chi connectivity index (χ3n) is 2.74. The van der Waals surface area contributed by atoms with E-state index in [1.807, 2.05) is 0 Å². The van der Waals surface area contributed by atoms with Gasteiger partial charge in [-0.1, -0.05) is 23.2 Å². The van der Waals surface area contributed by atoms with Gasteiger partial charge in [-0.05, 0) is 30.3 Å². The number of nitrogens with zero attached hydrogens (tertiary/aromatic N) is 3. The summed E-state index contributed by atoms with van der Waals surface area (Å²) in [6, 6.07) is 10.6. The van der Waals surface area contributed by atoms with E-state index in [9.17, 15) is 0 Å². The Bertz CT molecular complexity index is 838. The minimum Gasteiger partial charge on any atom is -0.351 e. The van der Waals surface area contributed by atoms with Gasteiger partial charge in [0.15, 0.2) is 0 Å². The van der Waals surface area contributed by atoms with Crippen LogP contribution in [0.5, 0.6) is 0 Å². The van der Waals surface area contributed by atoms with E-state index in [0.29, 0.717) is 32.5 Å². The number of benzene rings is 2. The summed E-state index contributed by atoms with van der Waals surface area (Å²) in [6.07, 6.45) is 0. The molecule has 1 N–H and O–H groups in total. The van der Waals surface area contributed by atoms with Crippen LogP contribution in [-0.4, -0.2) is 8.75 Å². The molecule has 0 aliphatic carbocycles. The summed E-state index contributed by atoms with van der Waals surface area (Å²) in [5.41, 5.74) is 3.11. The minimum atomic E-state index is 0.477. The molecule has 20 heavy (non-hydrogen) atoms. The van der Waals surface area contributed by atoms with E-state index in [1.165, 1.54) is 0 Å². The largest absolute Gasteiger partial charge is 0.351 e. The van der Waals surface area contributed by atoms with E-state index in [1.54, 1.807) is 30.3 Å². The highest BCUT2D eigenvalue weighted by Crippen LogP contribution is 2.34. The molecule has 0 aliphatic heterocycles. The zero-order valence-electron chi connectivity index (χ0n) is 9.89. The van der Waals surface area contributed by atoms with Gasteiger partial charge < -0.3 is 5.32 Å². The van der Waals surface area contributed by atoms with Gasteiger partial charge in [0.1, 0.15) is 17.1 Å². The molecule has 0 bridgehead atoms. The number of rotatable bonds is 2. The van der Waals surface area contributed by atoms with Gasteiger partial charge in [0.25, 0.3) is 0 Å². The normalized spacial score (nSPS) is 10.4. The maximum absolute atomic E-state index is 9.14. The van der Waals surface area contributed by atoms with Crippen molar-refractivity contribution in [2.45, 2.75) is 0 Å². The Morgan fingerprint density at radius 3 is 2.80 bits per heavy atom. The maximum Gasteiger partial charge on any atom is 0.129 e. The maximum atomic E-state index is 9.14. The fourth-order valence-electron chi connectivity index (χ4n) is 1.80. The first-order valence-corrected chi connectivity index (χ1v) is 7.05. The van der Waals surface area contributed by atoms with Crippen molar-refractivity contribution in [3.05, 3.63) is 45.9 Å². The Balaban J connectivity index is 2.14. The molecule has 0 aliphatic rings. The molecule has 0 saturated carbocycles. The molecule has 7 heteroatoms. The predicted molar refractivity (Wildman–Crippen MR) is 81.9 cm³/mol. The smallest absolute Gasteiger partial charge is 0.129 e. The molecule has 1 heterocycles. The number of nitriles is 1. The Morgan fingerprint density at radius 2 is 2.00 bits per heavy atom. The number of nitrogens with one attached hydrogen (secondary N) is 1. The third kappa shape index (κ3) is 2.29. The Hall–Kier alpha value is -1.87. The Morgan fingerprint density at radius 1 is 1.15 bits per heavy atom. The van der Waals surface area contributed by atoms with Gasteiger partial charge >= 0.3 is 0 Å². The summed E-state index contributed by atoms with van der Waals surface area (Å²) < 4.78 is 8.38. The number of anilines is 2. The molecule has 3 rings (SSSR count). The second kappa shape index (κ2) is 5.25. The van der Waals surface area contributed by atoms with Crippen LogP contribution in [0.3, 0.4) is 0 Å². The van der Waals surface area contributed by atoms with E-state index in [4.69, 9.17) is 28.5 Å². The van der Waals surface area contributed by atoms with Crippen molar-refractivity contribution in [3.63, 3.8) is 0 Å². The molecule has 0 saturated heterocycles. The summed E-state index contributed by atoms with van der Waals surface area (Å²) in [7, 11) is 0. The van der Waals surface area contributed by atoms with Crippen LogP contribution in [0.25, 0.3) is 11.0 Å². The number of hydrogen-bond acceptors (Lipinski definition) is 5. The number of halogens is 2. The van der Waals surface area contributed by atoms with Gasteiger partial charge in [-0.15, -0.1) is 0 Å². The van der Waals surface area contributed by atoms with Crippen molar-refractivity contribution >= 4 is 57.3 Å². The van der Waals surface area contributed by atoms with E-state index in [2.05, 4.69) is 20.1 Å². The van der Waals surface area contributed by atoms with Crippen LogP contribution in [0.15, 0.2) is 30.3 Å². The van der Waals surface area contributed by atoms with Crippen molar-refractivity contribution in [2.75, 3.05) is 5.32 Å². The number of aromatic nitrogens is 2. The SMILES string of the molecule is N#Cc1ccc(Cl)cc1Nc1c(Cl)ccc2nsnc12. The fraction of sp³-hybridized carbons (Fsp3) is 0. The van der Waals surface area contributed by atoms with E-state index in [0.717, 1.165) is 17.2 Å². The van der Waals surface area contributed by atoms with Crippen molar-refractivity contribution < 1.29 is 0 Å².